The van der Waals surface area contributed by atoms with E-state index < -0.39 is 0 Å². The SMILES string of the molecule is CCC1CN(CC2CSCCS2)CCN1. The summed E-state index contributed by atoms with van der Waals surface area (Å²) in [7, 11) is 0. The average molecular weight is 246 g/mol. The second-order valence-corrected chi connectivity index (χ2v) is 6.94. The van der Waals surface area contributed by atoms with Gasteiger partial charge in [-0.3, -0.25) is 4.90 Å². The molecule has 4 heteroatoms. The largest absolute Gasteiger partial charge is 0.311 e. The molecule has 0 spiro atoms. The third-order valence-corrected chi connectivity index (χ3v) is 6.01. The summed E-state index contributed by atoms with van der Waals surface area (Å²) in [4.78, 5) is 2.66. The van der Waals surface area contributed by atoms with Gasteiger partial charge in [0.25, 0.3) is 0 Å². The Labute approximate surface area is 102 Å². The summed E-state index contributed by atoms with van der Waals surface area (Å²) in [6.07, 6.45) is 1.27. The first kappa shape index (κ1) is 12.1. The lowest BCUT2D eigenvalue weighted by atomic mass is 10.1. The molecule has 2 heterocycles. The highest BCUT2D eigenvalue weighted by molar-refractivity contribution is 8.06. The summed E-state index contributed by atoms with van der Waals surface area (Å²) in [5, 5.41) is 4.47. The van der Waals surface area contributed by atoms with Crippen LogP contribution >= 0.6 is 23.5 Å². The number of thioether (sulfide) groups is 2. The minimum Gasteiger partial charge on any atom is -0.311 e. The van der Waals surface area contributed by atoms with Gasteiger partial charge < -0.3 is 5.32 Å². The van der Waals surface area contributed by atoms with E-state index in [-0.39, 0.29) is 0 Å². The van der Waals surface area contributed by atoms with Crippen LogP contribution < -0.4 is 5.32 Å². The van der Waals surface area contributed by atoms with Crippen LogP contribution in [0.5, 0.6) is 0 Å². The minimum absolute atomic E-state index is 0.736. The molecule has 2 saturated heterocycles. The van der Waals surface area contributed by atoms with Gasteiger partial charge in [-0.05, 0) is 6.42 Å². The van der Waals surface area contributed by atoms with E-state index in [0.717, 1.165) is 11.3 Å². The van der Waals surface area contributed by atoms with Gasteiger partial charge in [-0.2, -0.15) is 23.5 Å². The maximum Gasteiger partial charge on any atom is 0.0265 e. The molecule has 0 aromatic carbocycles. The number of rotatable bonds is 3. The first-order valence-electron chi connectivity index (χ1n) is 6.03. The van der Waals surface area contributed by atoms with Crippen LogP contribution in [-0.2, 0) is 0 Å². The van der Waals surface area contributed by atoms with E-state index in [1.54, 1.807) is 0 Å². The lowest BCUT2D eigenvalue weighted by Gasteiger charge is -2.36. The Morgan fingerprint density at radius 3 is 3.07 bits per heavy atom. The van der Waals surface area contributed by atoms with Crippen LogP contribution in [0.25, 0.3) is 0 Å². The molecule has 0 aliphatic carbocycles. The number of hydrogen-bond donors (Lipinski definition) is 1. The fourth-order valence-electron chi connectivity index (χ4n) is 2.26. The predicted octanol–water partition coefficient (Wildman–Crippen LogP) is 1.52. The van der Waals surface area contributed by atoms with Gasteiger partial charge in [0.2, 0.25) is 0 Å². The summed E-state index contributed by atoms with van der Waals surface area (Å²) in [6, 6.07) is 0.736. The van der Waals surface area contributed by atoms with Gasteiger partial charge in [0.15, 0.2) is 0 Å². The third-order valence-electron chi connectivity index (χ3n) is 3.18. The molecule has 2 unspecified atom stereocenters. The summed E-state index contributed by atoms with van der Waals surface area (Å²) < 4.78 is 0. The highest BCUT2D eigenvalue weighted by atomic mass is 32.2. The molecule has 0 aromatic rings. The molecule has 0 saturated carbocycles. The standard InChI is InChI=1S/C11H22N2S2/c1-2-10-7-13(4-3-12-10)8-11-9-14-5-6-15-11/h10-12H,2-9H2,1H3. The molecule has 2 aliphatic rings. The monoisotopic (exact) mass is 246 g/mol. The van der Waals surface area contributed by atoms with Crippen LogP contribution in [-0.4, -0.2) is 59.6 Å². The Morgan fingerprint density at radius 2 is 2.33 bits per heavy atom. The van der Waals surface area contributed by atoms with Crippen molar-refractivity contribution in [3.63, 3.8) is 0 Å². The minimum atomic E-state index is 0.736. The molecule has 2 aliphatic heterocycles. The first-order chi connectivity index (χ1) is 7.38. The Balaban J connectivity index is 1.72. The molecule has 1 N–H and O–H groups in total. The number of piperazine rings is 1. The van der Waals surface area contributed by atoms with E-state index in [9.17, 15) is 0 Å². The molecule has 2 fully saturated rings. The quantitative estimate of drug-likeness (QED) is 0.812. The van der Waals surface area contributed by atoms with Crippen LogP contribution in [0.1, 0.15) is 13.3 Å². The van der Waals surface area contributed by atoms with E-state index in [2.05, 4.69) is 40.7 Å². The molecular formula is C11H22N2S2. The normalized spacial score (nSPS) is 34.2. The topological polar surface area (TPSA) is 15.3 Å². The zero-order valence-electron chi connectivity index (χ0n) is 9.58. The average Bonchev–Trinajstić information content (AvgIpc) is 2.31. The molecular weight excluding hydrogens is 224 g/mol. The Morgan fingerprint density at radius 1 is 1.40 bits per heavy atom. The van der Waals surface area contributed by atoms with Gasteiger partial charge in [-0.1, -0.05) is 6.92 Å². The van der Waals surface area contributed by atoms with E-state index >= 15 is 0 Å². The Kier molecular flexibility index (Phi) is 5.14. The van der Waals surface area contributed by atoms with E-state index in [4.69, 9.17) is 0 Å². The lowest BCUT2D eigenvalue weighted by molar-refractivity contribution is 0.200. The van der Waals surface area contributed by atoms with Gasteiger partial charge in [-0.25, -0.2) is 0 Å². The van der Waals surface area contributed by atoms with Gasteiger partial charge in [0.05, 0.1) is 0 Å². The van der Waals surface area contributed by atoms with Crippen molar-refractivity contribution in [3.8, 4) is 0 Å². The smallest absolute Gasteiger partial charge is 0.0265 e. The molecule has 0 bridgehead atoms. The van der Waals surface area contributed by atoms with Gasteiger partial charge in [-0.15, -0.1) is 0 Å². The summed E-state index contributed by atoms with van der Waals surface area (Å²) in [5.74, 6) is 4.09. The second-order valence-electron chi connectivity index (χ2n) is 4.39. The van der Waals surface area contributed by atoms with Crippen molar-refractivity contribution in [1.29, 1.82) is 0 Å². The van der Waals surface area contributed by atoms with Gasteiger partial charge in [0, 0.05) is 54.7 Å². The van der Waals surface area contributed by atoms with E-state index in [1.165, 1.54) is 49.9 Å². The lowest BCUT2D eigenvalue weighted by Crippen LogP contribution is -2.52. The summed E-state index contributed by atoms with van der Waals surface area (Å²) in [5.41, 5.74) is 0. The number of hydrogen-bond acceptors (Lipinski definition) is 4. The molecule has 0 aromatic heterocycles. The van der Waals surface area contributed by atoms with Gasteiger partial charge in [0.1, 0.15) is 0 Å². The zero-order chi connectivity index (χ0) is 10.5. The fraction of sp³-hybridized carbons (Fsp3) is 1.00. The molecule has 88 valence electrons. The Bertz CT molecular complexity index is 183. The molecule has 15 heavy (non-hydrogen) atoms. The molecule has 2 rings (SSSR count). The van der Waals surface area contributed by atoms with Crippen LogP contribution in [0.3, 0.4) is 0 Å². The molecule has 2 atom stereocenters. The van der Waals surface area contributed by atoms with Gasteiger partial charge >= 0.3 is 0 Å². The van der Waals surface area contributed by atoms with Crippen molar-refractivity contribution in [2.75, 3.05) is 43.4 Å². The fourth-order valence-corrected chi connectivity index (χ4v) is 4.98. The molecule has 2 nitrogen and oxygen atoms in total. The summed E-state index contributed by atoms with van der Waals surface area (Å²) in [6.45, 7) is 7.29. The Hall–Kier alpha value is 0.620. The highest BCUT2D eigenvalue weighted by Gasteiger charge is 2.22. The first-order valence-corrected chi connectivity index (χ1v) is 8.24. The van der Waals surface area contributed by atoms with Crippen LogP contribution in [0.4, 0.5) is 0 Å². The zero-order valence-corrected chi connectivity index (χ0v) is 11.2. The van der Waals surface area contributed by atoms with E-state index in [0.29, 0.717) is 0 Å². The predicted molar refractivity (Wildman–Crippen MR) is 72.1 cm³/mol. The van der Waals surface area contributed by atoms with E-state index in [1.807, 2.05) is 0 Å². The maximum atomic E-state index is 3.58. The van der Waals surface area contributed by atoms with Crippen molar-refractivity contribution in [2.24, 2.45) is 0 Å². The van der Waals surface area contributed by atoms with Crippen molar-refractivity contribution in [3.05, 3.63) is 0 Å². The van der Waals surface area contributed by atoms with Crippen LogP contribution in [0.2, 0.25) is 0 Å². The third kappa shape index (κ3) is 3.84. The molecule has 0 radical (unpaired) electrons. The van der Waals surface area contributed by atoms with Crippen molar-refractivity contribution in [1.82, 2.24) is 10.2 Å². The van der Waals surface area contributed by atoms with Crippen molar-refractivity contribution in [2.45, 2.75) is 24.6 Å². The molecule has 0 amide bonds. The maximum absolute atomic E-state index is 3.58. The van der Waals surface area contributed by atoms with Crippen LogP contribution in [0, 0.1) is 0 Å². The highest BCUT2D eigenvalue weighted by Crippen LogP contribution is 2.24. The number of nitrogens with zero attached hydrogens (tertiary/aromatic N) is 1. The van der Waals surface area contributed by atoms with Crippen molar-refractivity contribution >= 4 is 23.5 Å². The van der Waals surface area contributed by atoms with Crippen molar-refractivity contribution < 1.29 is 0 Å². The summed E-state index contributed by atoms with van der Waals surface area (Å²) >= 11 is 4.32. The second kappa shape index (κ2) is 6.38. The van der Waals surface area contributed by atoms with Crippen LogP contribution in [0.15, 0.2) is 0 Å². The number of nitrogens with one attached hydrogen (secondary N) is 1.